The summed E-state index contributed by atoms with van der Waals surface area (Å²) in [6, 6.07) is 8.22. The zero-order valence-corrected chi connectivity index (χ0v) is 34.8. The summed E-state index contributed by atoms with van der Waals surface area (Å²) in [5.41, 5.74) is 1.02. The summed E-state index contributed by atoms with van der Waals surface area (Å²) in [4.78, 5) is 42.3. The molecule has 0 spiro atoms. The van der Waals surface area contributed by atoms with Gasteiger partial charge in [0.25, 0.3) is 5.89 Å². The number of carbonyl (C=O) groups is 3. The number of hydrogen-bond donors (Lipinski definition) is 0. The molecule has 0 atom stereocenters. The molecule has 4 aromatic rings. The number of carbonyl (C=O) groups excluding carboxylic acids is 3. The van der Waals surface area contributed by atoms with E-state index in [4.69, 9.17) is 22.6 Å². The van der Waals surface area contributed by atoms with E-state index in [1.165, 1.54) is 49.0 Å². The molecule has 18 heteroatoms. The molecule has 2 heterocycles. The van der Waals surface area contributed by atoms with Gasteiger partial charge in [-0.15, -0.1) is 0 Å². The van der Waals surface area contributed by atoms with Gasteiger partial charge in [-0.3, -0.25) is 14.2 Å². The van der Waals surface area contributed by atoms with Gasteiger partial charge in [-0.2, -0.15) is 0 Å². The van der Waals surface area contributed by atoms with Crippen molar-refractivity contribution < 1.29 is 86.1 Å². The molecule has 272 valence electrons. The molecule has 2 aromatic carbocycles. The van der Waals surface area contributed by atoms with Crippen molar-refractivity contribution >= 4 is 62.8 Å². The van der Waals surface area contributed by atoms with E-state index in [2.05, 4.69) is 46.6 Å². The second-order valence-corrected chi connectivity index (χ2v) is 13.4. The largest absolute Gasteiger partial charge is 1.00 e. The molecular formula is C33H36Br2F2N2NaO10P. The fraction of sp³-hybridized carbons (Fsp3) is 0.303. The number of rotatable bonds is 13. The topological polar surface area (TPSA) is 157 Å². The van der Waals surface area contributed by atoms with Gasteiger partial charge in [0, 0.05) is 20.6 Å². The van der Waals surface area contributed by atoms with Crippen molar-refractivity contribution in [1.82, 2.24) is 9.97 Å². The van der Waals surface area contributed by atoms with Gasteiger partial charge in [-0.25, -0.2) is 23.5 Å². The third-order valence-electron chi connectivity index (χ3n) is 5.60. The molecule has 51 heavy (non-hydrogen) atoms. The van der Waals surface area contributed by atoms with Crippen LogP contribution in [-0.4, -0.2) is 60.3 Å². The SMILES string of the molecule is CCOC(=O)/C=C(/c1cc(F)cc(Br)c1)c1ncco1.CCOC(=O)CP(=O)(OCC)OCC.Cc1cnc(C(=O)c2cc(F)cc(Br)c2)o1.[H-].[Na+]. The van der Waals surface area contributed by atoms with Crippen molar-refractivity contribution in [3.63, 3.8) is 0 Å². The molecule has 0 aliphatic heterocycles. The Labute approximate surface area is 334 Å². The molecule has 0 fully saturated rings. The van der Waals surface area contributed by atoms with E-state index in [0.29, 0.717) is 25.8 Å². The van der Waals surface area contributed by atoms with Crippen molar-refractivity contribution in [2.75, 3.05) is 32.6 Å². The van der Waals surface area contributed by atoms with E-state index in [1.54, 1.807) is 40.7 Å². The number of hydrogen-bond acceptors (Lipinski definition) is 12. The Morgan fingerprint density at radius 1 is 0.843 bits per heavy atom. The number of nitrogens with zero attached hydrogens (tertiary/aromatic N) is 2. The number of halogens is 4. The Hall–Kier alpha value is -2.82. The Morgan fingerprint density at radius 2 is 1.41 bits per heavy atom. The van der Waals surface area contributed by atoms with Crippen LogP contribution in [0, 0.1) is 18.6 Å². The van der Waals surface area contributed by atoms with Gasteiger partial charge < -0.3 is 28.8 Å². The maximum absolute atomic E-state index is 13.5. The van der Waals surface area contributed by atoms with Gasteiger partial charge in [0.2, 0.25) is 11.7 Å². The fourth-order valence-corrected chi connectivity index (χ4v) is 6.17. The van der Waals surface area contributed by atoms with Crippen LogP contribution >= 0.6 is 39.5 Å². The maximum atomic E-state index is 13.5. The molecule has 4 rings (SSSR count). The van der Waals surface area contributed by atoms with Gasteiger partial charge in [-0.05, 0) is 76.6 Å². The normalized spacial score (nSPS) is 10.9. The second kappa shape index (κ2) is 23.7. The molecule has 2 aromatic heterocycles. The van der Waals surface area contributed by atoms with E-state index in [-0.39, 0.29) is 80.9 Å². The Kier molecular flexibility index (Phi) is 21.5. The molecule has 0 bridgehead atoms. The predicted molar refractivity (Wildman–Crippen MR) is 187 cm³/mol. The van der Waals surface area contributed by atoms with Gasteiger partial charge in [0.1, 0.15) is 29.8 Å². The monoisotopic (exact) mass is 870 g/mol. The zero-order valence-electron chi connectivity index (χ0n) is 29.7. The minimum Gasteiger partial charge on any atom is -1.00 e. The third kappa shape index (κ3) is 16.6. The van der Waals surface area contributed by atoms with Crippen LogP contribution in [0.2, 0.25) is 0 Å². The summed E-state index contributed by atoms with van der Waals surface area (Å²) in [5, 5.41) is 0. The van der Waals surface area contributed by atoms with Crippen molar-refractivity contribution in [3.8, 4) is 0 Å². The first-order valence-electron chi connectivity index (χ1n) is 15.0. The summed E-state index contributed by atoms with van der Waals surface area (Å²) >= 11 is 6.32. The zero-order chi connectivity index (χ0) is 37.3. The van der Waals surface area contributed by atoms with Crippen molar-refractivity contribution in [2.45, 2.75) is 34.6 Å². The average Bonchev–Trinajstić information content (AvgIpc) is 3.72. The number of esters is 2. The predicted octanol–water partition coefficient (Wildman–Crippen LogP) is 5.62. The van der Waals surface area contributed by atoms with Gasteiger partial charge in [0.05, 0.1) is 44.4 Å². The van der Waals surface area contributed by atoms with Crippen LogP contribution in [0.25, 0.3) is 5.57 Å². The fourth-order valence-electron chi connectivity index (χ4n) is 3.79. The van der Waals surface area contributed by atoms with Crippen LogP contribution in [-0.2, 0) is 32.7 Å². The number of aromatic nitrogens is 2. The molecule has 0 unspecified atom stereocenters. The molecule has 0 aliphatic rings. The summed E-state index contributed by atoms with van der Waals surface area (Å²) < 4.78 is 69.0. The molecular weight excluding hydrogens is 836 g/mol. The number of benzene rings is 2. The standard InChI is InChI=1S/C14H11BrFNO3.C11H7BrFNO2.C8H17O5P.Na.H/c1-2-19-13(18)8-12(14-17-3-4-20-14)9-5-10(15)7-11(16)6-9;1-6-5-14-11(16-6)10(15)7-2-8(12)4-9(13)3-7;1-4-11-8(9)7-14(10,12-5-2)13-6-3;;/h3-8H,2H2,1H3;2-5H,1H3;4-7H2,1-3H3;;/q;;;+1;-1/b12-8-;;;;. The molecule has 0 radical (unpaired) electrons. The number of oxazole rings is 2. The first kappa shape index (κ1) is 46.2. The average molecular weight is 872 g/mol. The van der Waals surface area contributed by atoms with Crippen LogP contribution < -0.4 is 29.6 Å². The number of aryl methyl sites for hydroxylation is 1. The molecule has 0 saturated carbocycles. The second-order valence-electron chi connectivity index (χ2n) is 9.48. The molecule has 12 nitrogen and oxygen atoms in total. The molecule has 0 N–H and O–H groups in total. The smallest absolute Gasteiger partial charge is 1.00 e. The van der Waals surface area contributed by atoms with Crippen LogP contribution in [0.1, 0.15) is 62.6 Å². The van der Waals surface area contributed by atoms with Crippen LogP contribution in [0.4, 0.5) is 8.78 Å². The van der Waals surface area contributed by atoms with E-state index < -0.39 is 37.0 Å². The molecule has 0 aliphatic carbocycles. The Balaban J connectivity index is 0.000000750. The van der Waals surface area contributed by atoms with Crippen molar-refractivity contribution in [2.24, 2.45) is 0 Å². The maximum Gasteiger partial charge on any atom is 1.00 e. The number of ether oxygens (including phenoxy) is 2. The minimum atomic E-state index is -3.28. The minimum absolute atomic E-state index is 0. The van der Waals surface area contributed by atoms with E-state index in [0.717, 1.165) is 6.07 Å². The van der Waals surface area contributed by atoms with Crippen molar-refractivity contribution in [1.29, 1.82) is 0 Å². The third-order valence-corrected chi connectivity index (χ3v) is 8.47. The van der Waals surface area contributed by atoms with E-state index >= 15 is 0 Å². The molecule has 0 saturated heterocycles. The van der Waals surface area contributed by atoms with Gasteiger partial charge in [0.15, 0.2) is 0 Å². The van der Waals surface area contributed by atoms with Crippen LogP contribution in [0.5, 0.6) is 0 Å². The van der Waals surface area contributed by atoms with E-state index in [1.807, 2.05) is 0 Å². The number of ketones is 1. The van der Waals surface area contributed by atoms with Crippen LogP contribution in [0.15, 0.2) is 78.9 Å². The summed E-state index contributed by atoms with van der Waals surface area (Å²) in [7, 11) is -3.28. The first-order valence-corrected chi connectivity index (χ1v) is 18.3. The first-order chi connectivity index (χ1) is 23.7. The summed E-state index contributed by atoms with van der Waals surface area (Å²) in [6.07, 6.45) is 5.19. The van der Waals surface area contributed by atoms with Crippen molar-refractivity contribution in [3.05, 3.63) is 110 Å². The van der Waals surface area contributed by atoms with Gasteiger partial charge in [-0.1, -0.05) is 31.9 Å². The van der Waals surface area contributed by atoms with Gasteiger partial charge >= 0.3 is 49.1 Å². The quantitative estimate of drug-likeness (QED) is 0.0538. The molecule has 0 amide bonds. The van der Waals surface area contributed by atoms with Crippen LogP contribution in [0.3, 0.4) is 0 Å². The Morgan fingerprint density at radius 3 is 1.88 bits per heavy atom. The summed E-state index contributed by atoms with van der Waals surface area (Å²) in [6.45, 7) is 9.46. The Bertz CT molecular complexity index is 1760. The summed E-state index contributed by atoms with van der Waals surface area (Å²) in [5.74, 6) is -1.73. The van der Waals surface area contributed by atoms with E-state index in [9.17, 15) is 27.7 Å².